The lowest BCUT2D eigenvalue weighted by molar-refractivity contribution is 0.0503. The maximum atomic E-state index is 6.16. The van der Waals surface area contributed by atoms with Gasteiger partial charge in [-0.05, 0) is 25.0 Å². The Bertz CT molecular complexity index is 560. The number of nitrogens with one attached hydrogen (secondary N) is 1. The van der Waals surface area contributed by atoms with E-state index in [1.54, 1.807) is 0 Å². The molecule has 0 atom stereocenters. The van der Waals surface area contributed by atoms with Crippen molar-refractivity contribution in [3.63, 3.8) is 0 Å². The number of hydrogen-bond donors (Lipinski definition) is 2. The van der Waals surface area contributed by atoms with Gasteiger partial charge in [0.2, 0.25) is 0 Å². The third-order valence-corrected chi connectivity index (χ3v) is 4.11. The second-order valence-corrected chi connectivity index (χ2v) is 5.23. The summed E-state index contributed by atoms with van der Waals surface area (Å²) in [5, 5.41) is 0.675. The maximum Gasteiger partial charge on any atom is 0.115 e. The van der Waals surface area contributed by atoms with Crippen LogP contribution in [-0.4, -0.2) is 29.7 Å². The van der Waals surface area contributed by atoms with Crippen molar-refractivity contribution in [3.05, 3.63) is 29.0 Å². The quantitative estimate of drug-likeness (QED) is 0.875. The first-order chi connectivity index (χ1) is 8.75. The molecule has 1 aromatic heterocycles. The molecule has 0 bridgehead atoms. The van der Waals surface area contributed by atoms with Gasteiger partial charge in [0.05, 0.1) is 10.5 Å². The fraction of sp³-hybridized carbons (Fsp3) is 0.462. The summed E-state index contributed by atoms with van der Waals surface area (Å²) in [6.07, 6.45) is 1.81. The molecule has 1 aromatic carbocycles. The molecule has 1 aliphatic rings. The molecule has 0 aliphatic carbocycles. The minimum absolute atomic E-state index is 0.0966. The molecule has 1 fully saturated rings. The van der Waals surface area contributed by atoms with Crippen LogP contribution in [0.5, 0.6) is 0 Å². The SMILES string of the molecule is NCC1(c2nc3c(Cl)cccc3[nH]2)CCOCC1. The summed E-state index contributed by atoms with van der Waals surface area (Å²) in [4.78, 5) is 8.02. The van der Waals surface area contributed by atoms with Gasteiger partial charge in [-0.1, -0.05) is 17.7 Å². The average Bonchev–Trinajstić information content (AvgIpc) is 2.85. The largest absolute Gasteiger partial charge is 0.381 e. The highest BCUT2D eigenvalue weighted by Gasteiger charge is 2.36. The molecule has 3 rings (SSSR count). The van der Waals surface area contributed by atoms with Gasteiger partial charge in [0, 0.05) is 25.2 Å². The summed E-state index contributed by atoms with van der Waals surface area (Å²) < 4.78 is 5.42. The Labute approximate surface area is 110 Å². The number of ether oxygens (including phenoxy) is 1. The third kappa shape index (κ3) is 1.81. The summed E-state index contributed by atoms with van der Waals surface area (Å²) >= 11 is 6.16. The number of nitrogens with two attached hydrogens (primary N) is 1. The van der Waals surface area contributed by atoms with Gasteiger partial charge in [0.1, 0.15) is 11.3 Å². The number of fused-ring (bicyclic) bond motifs is 1. The smallest absolute Gasteiger partial charge is 0.115 e. The maximum absolute atomic E-state index is 6.16. The lowest BCUT2D eigenvalue weighted by Crippen LogP contribution is -2.41. The molecule has 1 saturated heterocycles. The van der Waals surface area contributed by atoms with E-state index in [1.807, 2.05) is 18.2 Å². The average molecular weight is 266 g/mol. The summed E-state index contributed by atoms with van der Waals surface area (Å²) in [5.41, 5.74) is 7.68. The minimum Gasteiger partial charge on any atom is -0.381 e. The Morgan fingerprint density at radius 1 is 1.39 bits per heavy atom. The zero-order valence-corrected chi connectivity index (χ0v) is 10.8. The predicted molar refractivity (Wildman–Crippen MR) is 71.9 cm³/mol. The molecule has 0 radical (unpaired) electrons. The Morgan fingerprint density at radius 3 is 2.83 bits per heavy atom. The fourth-order valence-electron chi connectivity index (χ4n) is 2.55. The molecule has 96 valence electrons. The van der Waals surface area contributed by atoms with E-state index < -0.39 is 0 Å². The first-order valence-corrected chi connectivity index (χ1v) is 6.55. The number of imidazole rings is 1. The number of nitrogens with zero attached hydrogens (tertiary/aromatic N) is 1. The van der Waals surface area contributed by atoms with Crippen LogP contribution in [0.1, 0.15) is 18.7 Å². The highest BCUT2D eigenvalue weighted by Crippen LogP contribution is 2.34. The van der Waals surface area contributed by atoms with Gasteiger partial charge in [0.15, 0.2) is 0 Å². The molecule has 2 aromatic rings. The van der Waals surface area contributed by atoms with Crippen molar-refractivity contribution in [2.45, 2.75) is 18.3 Å². The first-order valence-electron chi connectivity index (χ1n) is 6.18. The number of rotatable bonds is 2. The van der Waals surface area contributed by atoms with E-state index in [-0.39, 0.29) is 5.41 Å². The van der Waals surface area contributed by atoms with Gasteiger partial charge in [-0.25, -0.2) is 4.98 Å². The zero-order valence-electron chi connectivity index (χ0n) is 10.1. The van der Waals surface area contributed by atoms with Crippen LogP contribution in [0.4, 0.5) is 0 Å². The van der Waals surface area contributed by atoms with Crippen LogP contribution >= 0.6 is 11.6 Å². The fourth-order valence-corrected chi connectivity index (χ4v) is 2.76. The Balaban J connectivity index is 2.09. The van der Waals surface area contributed by atoms with Gasteiger partial charge in [-0.2, -0.15) is 0 Å². The number of benzene rings is 1. The van der Waals surface area contributed by atoms with Crippen LogP contribution in [0.15, 0.2) is 18.2 Å². The van der Waals surface area contributed by atoms with Gasteiger partial charge < -0.3 is 15.5 Å². The van der Waals surface area contributed by atoms with Crippen LogP contribution in [0.2, 0.25) is 5.02 Å². The summed E-state index contributed by atoms with van der Waals surface area (Å²) in [6.45, 7) is 2.05. The van der Waals surface area contributed by atoms with E-state index >= 15 is 0 Å². The third-order valence-electron chi connectivity index (χ3n) is 3.81. The lowest BCUT2D eigenvalue weighted by Gasteiger charge is -2.34. The monoisotopic (exact) mass is 265 g/mol. The number of hydrogen-bond acceptors (Lipinski definition) is 3. The Kier molecular flexibility index (Phi) is 3.01. The number of H-pyrrole nitrogens is 1. The van der Waals surface area contributed by atoms with Crippen LogP contribution in [0.25, 0.3) is 11.0 Å². The lowest BCUT2D eigenvalue weighted by atomic mass is 9.79. The van der Waals surface area contributed by atoms with E-state index in [2.05, 4.69) is 9.97 Å². The van der Waals surface area contributed by atoms with E-state index in [0.29, 0.717) is 11.6 Å². The molecule has 18 heavy (non-hydrogen) atoms. The van der Waals surface area contributed by atoms with Gasteiger partial charge in [-0.3, -0.25) is 0 Å². The van der Waals surface area contributed by atoms with Crippen molar-refractivity contribution < 1.29 is 4.74 Å². The van der Waals surface area contributed by atoms with E-state index in [1.165, 1.54) is 0 Å². The Morgan fingerprint density at radius 2 is 2.17 bits per heavy atom. The van der Waals surface area contributed by atoms with Crippen LogP contribution in [0, 0.1) is 0 Å². The van der Waals surface area contributed by atoms with Crippen molar-refractivity contribution in [1.29, 1.82) is 0 Å². The van der Waals surface area contributed by atoms with Crippen molar-refractivity contribution in [2.75, 3.05) is 19.8 Å². The molecule has 3 N–H and O–H groups in total. The predicted octanol–water partition coefficient (Wildman–Crippen LogP) is 2.22. The summed E-state index contributed by atoms with van der Waals surface area (Å²) in [7, 11) is 0. The normalized spacial score (nSPS) is 19.2. The second kappa shape index (κ2) is 4.53. The number of aromatic amines is 1. The molecular formula is C13H16ClN3O. The number of aromatic nitrogens is 2. The molecule has 2 heterocycles. The highest BCUT2D eigenvalue weighted by atomic mass is 35.5. The molecule has 0 saturated carbocycles. The molecule has 1 aliphatic heterocycles. The highest BCUT2D eigenvalue weighted by molar-refractivity contribution is 6.34. The topological polar surface area (TPSA) is 63.9 Å². The summed E-state index contributed by atoms with van der Waals surface area (Å²) in [5.74, 6) is 0.941. The van der Waals surface area contributed by atoms with Crippen molar-refractivity contribution in [3.8, 4) is 0 Å². The molecule has 0 amide bonds. The zero-order chi connectivity index (χ0) is 12.6. The van der Waals surface area contributed by atoms with Gasteiger partial charge >= 0.3 is 0 Å². The van der Waals surface area contributed by atoms with Crippen molar-refractivity contribution in [1.82, 2.24) is 9.97 Å². The van der Waals surface area contributed by atoms with E-state index in [0.717, 1.165) is 42.9 Å². The molecular weight excluding hydrogens is 250 g/mol. The second-order valence-electron chi connectivity index (χ2n) is 4.82. The minimum atomic E-state index is -0.0966. The molecule has 5 heteroatoms. The van der Waals surface area contributed by atoms with Gasteiger partial charge in [0.25, 0.3) is 0 Å². The Hall–Kier alpha value is -1.10. The van der Waals surface area contributed by atoms with Crippen molar-refractivity contribution >= 4 is 22.6 Å². The van der Waals surface area contributed by atoms with E-state index in [9.17, 15) is 0 Å². The van der Waals surface area contributed by atoms with Crippen molar-refractivity contribution in [2.24, 2.45) is 5.73 Å². The van der Waals surface area contributed by atoms with Crippen LogP contribution in [0.3, 0.4) is 0 Å². The number of halogens is 1. The van der Waals surface area contributed by atoms with Crippen LogP contribution in [-0.2, 0) is 10.2 Å². The first kappa shape index (κ1) is 12.0. The molecule has 4 nitrogen and oxygen atoms in total. The summed E-state index contributed by atoms with van der Waals surface area (Å²) in [6, 6.07) is 5.76. The molecule has 0 spiro atoms. The molecule has 0 unspecified atom stereocenters. The van der Waals surface area contributed by atoms with Crippen LogP contribution < -0.4 is 5.73 Å². The van der Waals surface area contributed by atoms with E-state index in [4.69, 9.17) is 22.1 Å². The number of para-hydroxylation sites is 1. The van der Waals surface area contributed by atoms with Gasteiger partial charge in [-0.15, -0.1) is 0 Å². The standard InChI is InChI=1S/C13H16ClN3O/c14-9-2-1-3-10-11(9)17-12(16-10)13(8-15)4-6-18-7-5-13/h1-3H,4-8,15H2,(H,16,17).